The van der Waals surface area contributed by atoms with Crippen molar-refractivity contribution in [3.63, 3.8) is 0 Å². The van der Waals surface area contributed by atoms with Crippen LogP contribution in [0.2, 0.25) is 5.82 Å². The largest absolute Gasteiger partial charge is 0.479 e. The highest BCUT2D eigenvalue weighted by atomic mass is 19.1. The van der Waals surface area contributed by atoms with Gasteiger partial charge in [-0.1, -0.05) is 45.0 Å². The lowest BCUT2D eigenvalue weighted by Crippen LogP contribution is -2.58. The second kappa shape index (κ2) is 16.7. The van der Waals surface area contributed by atoms with E-state index in [4.69, 9.17) is 23.1 Å². The number of aryl methyl sites for hydroxylation is 1. The number of ketones is 1. The van der Waals surface area contributed by atoms with Gasteiger partial charge in [-0.3, -0.25) is 14.4 Å². The number of ether oxygens (including phenoxy) is 2. The summed E-state index contributed by atoms with van der Waals surface area (Å²) in [4.78, 5) is 39.3. The number of rotatable bonds is 20. The molecular formula is C36H56BFN6O6. The summed E-state index contributed by atoms with van der Waals surface area (Å²) in [6.07, 6.45) is 4.32. The number of nitrogens with zero attached hydrogens (tertiary/aromatic N) is 4. The Bertz CT molecular complexity index is 1480. The molecule has 0 unspecified atom stereocenters. The van der Waals surface area contributed by atoms with Crippen molar-refractivity contribution in [1.82, 2.24) is 25.2 Å². The van der Waals surface area contributed by atoms with Gasteiger partial charge in [0.05, 0.1) is 25.7 Å². The summed E-state index contributed by atoms with van der Waals surface area (Å²) in [5.41, 5.74) is 3.41. The molecule has 2 radical (unpaired) electrons. The average molecular weight is 699 g/mol. The molecule has 50 heavy (non-hydrogen) atoms. The van der Waals surface area contributed by atoms with Gasteiger partial charge in [-0.25, -0.2) is 14.0 Å². The van der Waals surface area contributed by atoms with Gasteiger partial charge in [0, 0.05) is 43.4 Å². The number of halogens is 1. The number of hydrogen-bond donors (Lipinski definition) is 3. The number of carbonyl (C=O) groups is 3. The zero-order chi connectivity index (χ0) is 37.6. The molecule has 2 aromatic rings. The summed E-state index contributed by atoms with van der Waals surface area (Å²) >= 11 is 0. The summed E-state index contributed by atoms with van der Waals surface area (Å²) in [5.74, 6) is -4.93. The van der Waals surface area contributed by atoms with E-state index in [1.807, 2.05) is 49.2 Å². The first-order valence-electron chi connectivity index (χ1n) is 17.6. The molecule has 4 N–H and O–H groups in total. The predicted octanol–water partition coefficient (Wildman–Crippen LogP) is 5.32. The van der Waals surface area contributed by atoms with E-state index < -0.39 is 40.4 Å². The van der Waals surface area contributed by atoms with Crippen molar-refractivity contribution in [1.29, 1.82) is 0 Å². The summed E-state index contributed by atoms with van der Waals surface area (Å²) < 4.78 is 28.4. The van der Waals surface area contributed by atoms with Gasteiger partial charge in [0.1, 0.15) is 11.3 Å². The van der Waals surface area contributed by atoms with Crippen molar-refractivity contribution in [2.45, 2.75) is 122 Å². The number of nitrogens with two attached hydrogens (primary N) is 1. The standard InChI is InChI=1S/C36H56BFN6O6/c1-10-23(3)36(8)30(25(5)40-20-22(2)19-34(6,49-9)29(37)24(4)31(45)35(7,38)32(46)47)44(33(48)50-36)17-12-11-16-43-21-28(41-42-43)26-14-13-15-27(39)18-26/h13-15,18,21-25,29-30,40H,10-12,16-17,19-20,39H2,1-9H3,(H,46,47)/t22-,23-,24+,25-,29-,30-,34-,35+,36-/m1/s1. The van der Waals surface area contributed by atoms with Crippen LogP contribution < -0.4 is 11.1 Å². The third kappa shape index (κ3) is 9.04. The van der Waals surface area contributed by atoms with Gasteiger partial charge < -0.3 is 25.6 Å². The topological polar surface area (TPSA) is 162 Å². The van der Waals surface area contributed by atoms with Crippen LogP contribution in [-0.4, -0.2) is 99.8 Å². The molecule has 3 rings (SSSR count). The number of methoxy groups -OCH3 is 1. The molecular weight excluding hydrogens is 642 g/mol. The zero-order valence-electron chi connectivity index (χ0n) is 31.1. The Labute approximate surface area is 297 Å². The van der Waals surface area contributed by atoms with Crippen LogP contribution in [0.1, 0.15) is 81.1 Å². The van der Waals surface area contributed by atoms with Gasteiger partial charge in [-0.2, -0.15) is 0 Å². The van der Waals surface area contributed by atoms with Crippen LogP contribution in [-0.2, 0) is 25.6 Å². The van der Waals surface area contributed by atoms with Crippen LogP contribution in [0.3, 0.4) is 0 Å². The number of unbranched alkanes of at least 4 members (excludes halogenated alkanes) is 1. The number of Topliss-reactive ketones (excluding diaryl/α,β-unsaturated/α-hetero) is 1. The maximum Gasteiger partial charge on any atom is 0.410 e. The molecule has 1 aromatic heterocycles. The lowest BCUT2D eigenvalue weighted by molar-refractivity contribution is -0.158. The van der Waals surface area contributed by atoms with Crippen molar-refractivity contribution < 1.29 is 33.4 Å². The number of cyclic esters (lactones) is 1. The minimum atomic E-state index is -3.05. The van der Waals surface area contributed by atoms with Gasteiger partial charge in [0.2, 0.25) is 0 Å². The van der Waals surface area contributed by atoms with E-state index in [9.17, 15) is 23.9 Å². The number of nitrogens with one attached hydrogen (secondary N) is 1. The average Bonchev–Trinajstić information content (AvgIpc) is 3.65. The second-order valence-corrected chi connectivity index (χ2v) is 14.7. The maximum absolute atomic E-state index is 14.7. The quantitative estimate of drug-likeness (QED) is 0.0715. The maximum atomic E-state index is 14.7. The van der Waals surface area contributed by atoms with Crippen LogP contribution in [0.5, 0.6) is 0 Å². The van der Waals surface area contributed by atoms with Crippen LogP contribution in [0.15, 0.2) is 30.5 Å². The number of alkyl halides is 1. The number of nitrogen functional groups attached to an aromatic ring is 1. The number of carboxylic acid groups (broad SMARTS) is 1. The molecule has 0 spiro atoms. The van der Waals surface area contributed by atoms with E-state index in [0.717, 1.165) is 37.4 Å². The lowest BCUT2D eigenvalue weighted by Gasteiger charge is -2.42. The van der Waals surface area contributed by atoms with E-state index in [2.05, 4.69) is 36.4 Å². The molecule has 0 aliphatic carbocycles. The highest BCUT2D eigenvalue weighted by Crippen LogP contribution is 2.41. The van der Waals surface area contributed by atoms with E-state index in [1.54, 1.807) is 11.6 Å². The number of carbonyl (C=O) groups excluding carboxylic acids is 2. The van der Waals surface area contributed by atoms with Crippen LogP contribution in [0.25, 0.3) is 11.3 Å². The molecule has 9 atom stereocenters. The summed E-state index contributed by atoms with van der Waals surface area (Å²) in [7, 11) is 7.93. The minimum Gasteiger partial charge on any atom is -0.479 e. The Balaban J connectivity index is 1.65. The zero-order valence-corrected chi connectivity index (χ0v) is 31.1. The van der Waals surface area contributed by atoms with Gasteiger partial charge in [0.25, 0.3) is 5.67 Å². The highest BCUT2D eigenvalue weighted by Gasteiger charge is 2.55. The molecule has 1 aliphatic heterocycles. The van der Waals surface area contributed by atoms with E-state index in [1.165, 1.54) is 14.0 Å². The molecule has 1 aromatic carbocycles. The summed E-state index contributed by atoms with van der Waals surface area (Å²) in [6, 6.07) is 7.11. The Morgan fingerprint density at radius 1 is 1.22 bits per heavy atom. The molecule has 2 heterocycles. The SMILES string of the molecule is [B][C@H]([C@H](C)C(=O)[C@](C)(F)C(=O)O)[C@@](C)(C[C@@H](C)CN[C@H](C)[C@H]1N(CCCCn2cc(-c3cccc(N)c3)nn2)C(=O)O[C@]1(C)[C@H](C)CC)OC. The van der Waals surface area contributed by atoms with Crippen LogP contribution in [0, 0.1) is 17.8 Å². The fraction of sp³-hybridized carbons (Fsp3) is 0.694. The van der Waals surface area contributed by atoms with Crippen LogP contribution in [0.4, 0.5) is 14.9 Å². The lowest BCUT2D eigenvalue weighted by atomic mass is 9.62. The molecule has 1 fully saturated rings. The van der Waals surface area contributed by atoms with E-state index >= 15 is 0 Å². The van der Waals surface area contributed by atoms with E-state index in [-0.39, 0.29) is 30.0 Å². The normalized spacial score (nSPS) is 23.3. The number of hydrogen-bond acceptors (Lipinski definition) is 9. The molecule has 276 valence electrons. The van der Waals surface area contributed by atoms with Gasteiger partial charge in [-0.05, 0) is 89.7 Å². The Morgan fingerprint density at radius 3 is 2.48 bits per heavy atom. The van der Waals surface area contributed by atoms with E-state index in [0.29, 0.717) is 31.7 Å². The molecule has 0 saturated carbocycles. The highest BCUT2D eigenvalue weighted by molar-refractivity contribution is 6.17. The molecule has 1 amide bonds. The number of aliphatic carboxylic acids is 1. The van der Waals surface area contributed by atoms with Gasteiger partial charge >= 0.3 is 12.1 Å². The molecule has 0 bridgehead atoms. The summed E-state index contributed by atoms with van der Waals surface area (Å²) in [5, 5.41) is 21.4. The fourth-order valence-electron chi connectivity index (χ4n) is 7.16. The molecule has 1 aliphatic rings. The van der Waals surface area contributed by atoms with Gasteiger partial charge in [0.15, 0.2) is 5.78 Å². The number of amides is 1. The second-order valence-electron chi connectivity index (χ2n) is 14.7. The van der Waals surface area contributed by atoms with Crippen molar-refractivity contribution in [3.05, 3.63) is 30.5 Å². The first-order chi connectivity index (χ1) is 23.3. The minimum absolute atomic E-state index is 0.0202. The monoisotopic (exact) mass is 698 g/mol. The van der Waals surface area contributed by atoms with Crippen molar-refractivity contribution in [2.24, 2.45) is 17.8 Å². The predicted molar refractivity (Wildman–Crippen MR) is 191 cm³/mol. The number of benzene rings is 1. The third-order valence-electron chi connectivity index (χ3n) is 10.8. The number of carboxylic acids is 1. The first-order valence-corrected chi connectivity index (χ1v) is 17.6. The Morgan fingerprint density at radius 2 is 1.88 bits per heavy atom. The number of aromatic nitrogens is 3. The Kier molecular flexibility index (Phi) is 13.6. The fourth-order valence-corrected chi connectivity index (χ4v) is 7.16. The molecule has 1 saturated heterocycles. The van der Waals surface area contributed by atoms with Gasteiger partial charge in [-0.15, -0.1) is 5.10 Å². The van der Waals surface area contributed by atoms with Crippen molar-refractivity contribution >= 4 is 31.4 Å². The third-order valence-corrected chi connectivity index (χ3v) is 10.8. The van der Waals surface area contributed by atoms with Crippen molar-refractivity contribution in [3.8, 4) is 11.3 Å². The molecule has 12 nitrogen and oxygen atoms in total. The summed E-state index contributed by atoms with van der Waals surface area (Å²) in [6.45, 7) is 15.9. The smallest absolute Gasteiger partial charge is 0.410 e. The Hall–Kier alpha value is -3.52. The van der Waals surface area contributed by atoms with Crippen LogP contribution >= 0.6 is 0 Å². The first kappa shape index (κ1) is 40.9. The molecule has 14 heteroatoms. The number of anilines is 1. The van der Waals surface area contributed by atoms with Crippen molar-refractivity contribution in [2.75, 3.05) is 25.9 Å².